The van der Waals surface area contributed by atoms with Crippen LogP contribution in [-0.4, -0.2) is 0 Å². The van der Waals surface area contributed by atoms with E-state index in [9.17, 15) is 4.39 Å². The van der Waals surface area contributed by atoms with Crippen LogP contribution in [0.5, 0.6) is 5.75 Å². The van der Waals surface area contributed by atoms with E-state index >= 15 is 0 Å². The number of nitrogen functional groups attached to an aromatic ring is 1. The minimum atomic E-state index is -0.433. The molecule has 88 valence electrons. The second-order valence-corrected chi connectivity index (χ2v) is 3.97. The van der Waals surface area contributed by atoms with E-state index in [0.29, 0.717) is 12.3 Å². The van der Waals surface area contributed by atoms with E-state index in [1.165, 1.54) is 6.07 Å². The normalized spacial score (nSPS) is 10.2. The second-order valence-electron chi connectivity index (χ2n) is 3.97. The molecule has 2 aromatic rings. The second kappa shape index (κ2) is 4.87. The predicted molar refractivity (Wildman–Crippen MR) is 66.3 cm³/mol. The van der Waals surface area contributed by atoms with Gasteiger partial charge < -0.3 is 10.5 Å². The molecule has 0 unspecified atom stereocenters. The van der Waals surface area contributed by atoms with Crippen molar-refractivity contribution in [2.45, 2.75) is 13.5 Å². The Morgan fingerprint density at radius 2 is 2.00 bits per heavy atom. The molecule has 17 heavy (non-hydrogen) atoms. The summed E-state index contributed by atoms with van der Waals surface area (Å²) in [6.07, 6.45) is 0. The van der Waals surface area contributed by atoms with Crippen LogP contribution in [0.25, 0.3) is 0 Å². The maximum atomic E-state index is 13.4. The number of nitrogens with two attached hydrogens (primary N) is 1. The SMILES string of the molecule is Cc1cccc(COc2ccc(N)cc2F)c1. The molecule has 0 aliphatic carbocycles. The van der Waals surface area contributed by atoms with Gasteiger partial charge in [0.25, 0.3) is 0 Å². The van der Waals surface area contributed by atoms with Crippen LogP contribution in [0.15, 0.2) is 42.5 Å². The molecule has 0 aliphatic heterocycles. The number of hydrogen-bond donors (Lipinski definition) is 1. The molecule has 0 bridgehead atoms. The Morgan fingerprint density at radius 1 is 1.18 bits per heavy atom. The van der Waals surface area contributed by atoms with Crippen molar-refractivity contribution in [2.24, 2.45) is 0 Å². The van der Waals surface area contributed by atoms with Crippen molar-refractivity contribution in [3.05, 3.63) is 59.4 Å². The average Bonchev–Trinajstić information content (AvgIpc) is 2.28. The number of benzene rings is 2. The lowest BCUT2D eigenvalue weighted by Crippen LogP contribution is -1.98. The zero-order valence-corrected chi connectivity index (χ0v) is 9.61. The third-order valence-electron chi connectivity index (χ3n) is 2.43. The maximum absolute atomic E-state index is 13.4. The Balaban J connectivity index is 2.07. The molecule has 0 saturated heterocycles. The summed E-state index contributed by atoms with van der Waals surface area (Å²) < 4.78 is 18.8. The van der Waals surface area contributed by atoms with Crippen molar-refractivity contribution < 1.29 is 9.13 Å². The lowest BCUT2D eigenvalue weighted by atomic mass is 10.1. The molecule has 0 amide bonds. The molecule has 0 saturated carbocycles. The molecular formula is C14H14FNO. The average molecular weight is 231 g/mol. The van der Waals surface area contributed by atoms with Crippen LogP contribution in [0.3, 0.4) is 0 Å². The van der Waals surface area contributed by atoms with Gasteiger partial charge in [-0.05, 0) is 24.6 Å². The van der Waals surface area contributed by atoms with Gasteiger partial charge in [0.05, 0.1) is 0 Å². The van der Waals surface area contributed by atoms with E-state index in [1.54, 1.807) is 12.1 Å². The van der Waals surface area contributed by atoms with Gasteiger partial charge in [0.2, 0.25) is 0 Å². The van der Waals surface area contributed by atoms with Crippen LogP contribution < -0.4 is 10.5 Å². The van der Waals surface area contributed by atoms with E-state index in [4.69, 9.17) is 10.5 Å². The van der Waals surface area contributed by atoms with Crippen LogP contribution in [0.4, 0.5) is 10.1 Å². The Hall–Kier alpha value is -2.03. The highest BCUT2D eigenvalue weighted by atomic mass is 19.1. The summed E-state index contributed by atoms with van der Waals surface area (Å²) in [7, 11) is 0. The zero-order valence-electron chi connectivity index (χ0n) is 9.61. The molecule has 0 radical (unpaired) electrons. The van der Waals surface area contributed by atoms with Crippen LogP contribution in [0.1, 0.15) is 11.1 Å². The van der Waals surface area contributed by atoms with E-state index in [2.05, 4.69) is 0 Å². The molecule has 2 aromatic carbocycles. The first-order valence-corrected chi connectivity index (χ1v) is 5.38. The minimum absolute atomic E-state index is 0.223. The van der Waals surface area contributed by atoms with Crippen LogP contribution >= 0.6 is 0 Å². The lowest BCUT2D eigenvalue weighted by Gasteiger charge is -2.08. The summed E-state index contributed by atoms with van der Waals surface area (Å²) in [6, 6.07) is 12.3. The van der Waals surface area contributed by atoms with E-state index in [0.717, 1.165) is 11.1 Å². The molecular weight excluding hydrogens is 217 g/mol. The molecule has 2 nitrogen and oxygen atoms in total. The van der Waals surface area contributed by atoms with Crippen LogP contribution in [0.2, 0.25) is 0 Å². The fraction of sp³-hybridized carbons (Fsp3) is 0.143. The lowest BCUT2D eigenvalue weighted by molar-refractivity contribution is 0.290. The number of halogens is 1. The summed E-state index contributed by atoms with van der Waals surface area (Å²) in [5.41, 5.74) is 8.02. The zero-order chi connectivity index (χ0) is 12.3. The monoisotopic (exact) mass is 231 g/mol. The first-order valence-electron chi connectivity index (χ1n) is 5.38. The highest BCUT2D eigenvalue weighted by Gasteiger charge is 2.03. The Bertz CT molecular complexity index is 525. The topological polar surface area (TPSA) is 35.2 Å². The summed E-state index contributed by atoms with van der Waals surface area (Å²) in [4.78, 5) is 0. The van der Waals surface area contributed by atoms with Crippen molar-refractivity contribution in [3.8, 4) is 5.75 Å². The molecule has 2 rings (SSSR count). The fourth-order valence-corrected chi connectivity index (χ4v) is 1.60. The van der Waals surface area contributed by atoms with Gasteiger partial charge in [-0.3, -0.25) is 0 Å². The van der Waals surface area contributed by atoms with Gasteiger partial charge in [-0.25, -0.2) is 4.39 Å². The van der Waals surface area contributed by atoms with Crippen molar-refractivity contribution in [1.82, 2.24) is 0 Å². The number of hydrogen-bond acceptors (Lipinski definition) is 2. The summed E-state index contributed by atoms with van der Waals surface area (Å²) in [6.45, 7) is 2.36. The third-order valence-corrected chi connectivity index (χ3v) is 2.43. The molecule has 0 spiro atoms. The van der Waals surface area contributed by atoms with Crippen molar-refractivity contribution in [2.75, 3.05) is 5.73 Å². The van der Waals surface area contributed by atoms with Crippen molar-refractivity contribution in [3.63, 3.8) is 0 Å². The fourth-order valence-electron chi connectivity index (χ4n) is 1.60. The van der Waals surface area contributed by atoms with Gasteiger partial charge in [0, 0.05) is 11.8 Å². The molecule has 0 heterocycles. The van der Waals surface area contributed by atoms with Crippen molar-refractivity contribution >= 4 is 5.69 Å². The number of aryl methyl sites for hydroxylation is 1. The van der Waals surface area contributed by atoms with Gasteiger partial charge in [-0.2, -0.15) is 0 Å². The Labute approximate surface area is 99.8 Å². The Kier molecular flexibility index (Phi) is 3.28. The van der Waals surface area contributed by atoms with Gasteiger partial charge in [0.1, 0.15) is 6.61 Å². The smallest absolute Gasteiger partial charge is 0.167 e. The standard InChI is InChI=1S/C14H14FNO/c1-10-3-2-4-11(7-10)9-17-14-6-5-12(16)8-13(14)15/h2-8H,9,16H2,1H3. The first-order chi connectivity index (χ1) is 8.15. The van der Waals surface area contributed by atoms with Crippen molar-refractivity contribution in [1.29, 1.82) is 0 Å². The van der Waals surface area contributed by atoms with Gasteiger partial charge in [0.15, 0.2) is 11.6 Å². The van der Waals surface area contributed by atoms with E-state index in [1.807, 2.05) is 31.2 Å². The molecule has 3 heteroatoms. The number of rotatable bonds is 3. The third kappa shape index (κ3) is 2.97. The van der Waals surface area contributed by atoms with E-state index < -0.39 is 5.82 Å². The predicted octanol–water partition coefficient (Wildman–Crippen LogP) is 3.30. The number of ether oxygens (including phenoxy) is 1. The van der Waals surface area contributed by atoms with Crippen LogP contribution in [-0.2, 0) is 6.61 Å². The van der Waals surface area contributed by atoms with E-state index in [-0.39, 0.29) is 5.75 Å². The number of anilines is 1. The minimum Gasteiger partial charge on any atom is -0.486 e. The largest absolute Gasteiger partial charge is 0.486 e. The highest BCUT2D eigenvalue weighted by Crippen LogP contribution is 2.20. The molecule has 2 N–H and O–H groups in total. The van der Waals surface area contributed by atoms with Gasteiger partial charge in [-0.1, -0.05) is 29.8 Å². The maximum Gasteiger partial charge on any atom is 0.167 e. The summed E-state index contributed by atoms with van der Waals surface area (Å²) in [5, 5.41) is 0. The molecule has 0 fully saturated rings. The Morgan fingerprint density at radius 3 is 2.71 bits per heavy atom. The van der Waals surface area contributed by atoms with Crippen LogP contribution in [0, 0.1) is 12.7 Å². The highest BCUT2D eigenvalue weighted by molar-refractivity contribution is 5.42. The quantitative estimate of drug-likeness (QED) is 0.822. The van der Waals surface area contributed by atoms with Gasteiger partial charge in [-0.15, -0.1) is 0 Å². The molecule has 0 atom stereocenters. The summed E-state index contributed by atoms with van der Waals surface area (Å²) >= 11 is 0. The summed E-state index contributed by atoms with van der Waals surface area (Å²) in [5.74, 6) is -0.210. The molecule has 0 aliphatic rings. The first kappa shape index (κ1) is 11.5. The van der Waals surface area contributed by atoms with Gasteiger partial charge >= 0.3 is 0 Å². The molecule has 0 aromatic heterocycles.